The quantitative estimate of drug-likeness (QED) is 0.0771. The van der Waals surface area contributed by atoms with Crippen LogP contribution in [0, 0.1) is 27.7 Å². The minimum atomic E-state index is -3.84. The number of hydrogen-bond acceptors (Lipinski definition) is 0. The zero-order chi connectivity index (χ0) is 70.3. The summed E-state index contributed by atoms with van der Waals surface area (Å²) in [4.78, 5) is 0. The van der Waals surface area contributed by atoms with Gasteiger partial charge in [-0.2, -0.15) is 27.4 Å². The Bertz CT molecular complexity index is 2880. The monoisotopic (exact) mass is 1610 g/mol. The second-order valence-electron chi connectivity index (χ2n) is 44.1. The van der Waals surface area contributed by atoms with Crippen LogP contribution in [0.25, 0.3) is 0 Å². The van der Waals surface area contributed by atoms with Crippen molar-refractivity contribution in [2.75, 3.05) is 0 Å². The van der Waals surface area contributed by atoms with Crippen molar-refractivity contribution in [3.05, 3.63) is 22.3 Å². The molecule has 0 saturated carbocycles. The fourth-order valence-corrected chi connectivity index (χ4v) is 88.8. The van der Waals surface area contributed by atoms with Gasteiger partial charge in [0.25, 0.3) is 0 Å². The molecule has 0 radical (unpaired) electrons. The first-order chi connectivity index (χ1) is 38.0. The molecule has 0 aliphatic rings. The Kier molecular flexibility index (Phi) is 28.9. The van der Waals surface area contributed by atoms with Crippen LogP contribution in [-0.2, 0) is 21.7 Å². The van der Waals surface area contributed by atoms with E-state index in [1.54, 1.807) is 22.3 Å². The number of rotatable bonds is 19. The Morgan fingerprint density at radius 1 is 0.174 bits per heavy atom. The molecule has 0 bridgehead atoms. The van der Waals surface area contributed by atoms with Gasteiger partial charge in [-0.1, -0.05) is 400 Å². The molecular weight excluding hydrogens is 1470 g/mol. The third-order valence-electron chi connectivity index (χ3n) is 19.7. The topological polar surface area (TPSA) is 0 Å². The number of halogens is 3. The van der Waals surface area contributed by atoms with Crippen molar-refractivity contribution in [2.24, 2.45) is 0 Å². The molecule has 4 aromatic carbocycles. The third kappa shape index (κ3) is 17.6. The van der Waals surface area contributed by atoms with Crippen molar-refractivity contribution in [3.8, 4) is 0 Å². The summed E-state index contributed by atoms with van der Waals surface area (Å²) in [6.45, 7) is 140. The average Bonchev–Trinajstić information content (AvgIpc) is 0.873. The van der Waals surface area contributed by atoms with E-state index in [2.05, 4.69) is 338 Å². The molecule has 524 valence electrons. The molecule has 0 heterocycles. The first kappa shape index (κ1) is 94.1. The SMILES string of the molecule is Cc1c(C)c([Si](c2c([Si](C)(C)C)c([Si](C)(C)C)c([Si](C)(C)C)c([Si](C)(C)C)c2[Si](C)(C)C)(c2c([Si](C)(C)C)c([Si](C)(C)C)c([Si](C)(C)C)c([Si](C)(C)C)c2[Si](C)(C)C)c2c([Si](C)(C)C)c([Si](C)(C)C)c([Si](C)(C)C)c([Si](C)(C)C)c2[Si](C)(C)C)[c-](C)c1C.[Cl-].[Cl-].[Cl-].[Ti+4]. The molecule has 0 unspecified atom stereocenters. The van der Waals surface area contributed by atoms with Crippen molar-refractivity contribution >= 4 is 228 Å². The van der Waals surface area contributed by atoms with E-state index in [4.69, 9.17) is 0 Å². The van der Waals surface area contributed by atoms with E-state index in [9.17, 15) is 0 Å². The molecule has 0 spiro atoms. The Balaban J connectivity index is 0.0000207. The fourth-order valence-electron chi connectivity index (χ4n) is 17.2. The summed E-state index contributed by atoms with van der Waals surface area (Å²) in [5.41, 5.74) is 6.57. The van der Waals surface area contributed by atoms with Crippen LogP contribution >= 0.6 is 0 Å². The van der Waals surface area contributed by atoms with E-state index in [1.165, 1.54) is 0 Å². The molecular formula is C72H147Cl3Si16Ti. The van der Waals surface area contributed by atoms with Crippen LogP contribution in [0.5, 0.6) is 0 Å². The molecule has 4 aromatic rings. The summed E-state index contributed by atoms with van der Waals surface area (Å²) in [5, 5.41) is 38.2. The summed E-state index contributed by atoms with van der Waals surface area (Å²) in [7, 11) is -37.7. The van der Waals surface area contributed by atoms with Crippen molar-refractivity contribution < 1.29 is 58.9 Å². The predicted octanol–water partition coefficient (Wildman–Crippen LogP) is 3.20. The van der Waals surface area contributed by atoms with Crippen LogP contribution in [-0.4, -0.2) is 129 Å². The van der Waals surface area contributed by atoms with Crippen LogP contribution in [0.2, 0.25) is 295 Å². The van der Waals surface area contributed by atoms with Gasteiger partial charge in [-0.05, 0) is 15.6 Å². The molecule has 0 atom stereocenters. The van der Waals surface area contributed by atoms with Crippen LogP contribution in [0.15, 0.2) is 0 Å². The van der Waals surface area contributed by atoms with E-state index in [0.29, 0.717) is 0 Å². The molecule has 0 aliphatic carbocycles. The second kappa shape index (κ2) is 28.3. The second-order valence-corrected chi connectivity index (χ2v) is 123. The van der Waals surface area contributed by atoms with Gasteiger partial charge in [0, 0.05) is 0 Å². The summed E-state index contributed by atoms with van der Waals surface area (Å²) in [6.07, 6.45) is 0. The Morgan fingerprint density at radius 2 is 0.272 bits per heavy atom. The van der Waals surface area contributed by atoms with Gasteiger partial charge in [-0.25, -0.2) is 0 Å². The molecule has 92 heavy (non-hydrogen) atoms. The van der Waals surface area contributed by atoms with E-state index < -0.39 is 129 Å². The maximum Gasteiger partial charge on any atom is 4.00 e. The summed E-state index contributed by atoms with van der Waals surface area (Å²) >= 11 is 0. The van der Waals surface area contributed by atoms with Crippen LogP contribution in [0.3, 0.4) is 0 Å². The zero-order valence-electron chi connectivity index (χ0n) is 70.1. The van der Waals surface area contributed by atoms with Crippen LogP contribution in [0.4, 0.5) is 0 Å². The molecule has 0 amide bonds. The standard InChI is InChI=1S/C72H147Si16.3ClH.Ti/c1-50-51(2)53(4)54(52(50)3)88(70-64(82(32,33)34)58(76(14,15)16)55(73(5,6)7)59(77(17,18)19)65(70)83(35,36)37,71-66(84(38,39)40)60(78(20,21)22)56(74(8,9)10)61(79(23,24)25)67(71)85(41,42)43)72-68(86(44,45)46)62(80(26,27)28)57(75(11,12)13)63(81(29,30)31)69(72)87(47,48)49;;;;/h1-49H3;3*1H;/q-1;;;;+4/p-3. The number of hydrogen-bond donors (Lipinski definition) is 0. The first-order valence-electron chi connectivity index (χ1n) is 35.0. The van der Waals surface area contributed by atoms with Gasteiger partial charge < -0.3 is 37.2 Å². The van der Waals surface area contributed by atoms with Gasteiger partial charge in [-0.15, -0.1) is 0 Å². The maximum absolute atomic E-state index is 3.84. The van der Waals surface area contributed by atoms with Crippen LogP contribution < -0.4 is 136 Å². The van der Waals surface area contributed by atoms with Gasteiger partial charge >= 0.3 is 21.7 Å². The van der Waals surface area contributed by atoms with Crippen molar-refractivity contribution in [1.82, 2.24) is 0 Å². The van der Waals surface area contributed by atoms with Gasteiger partial charge in [0.05, 0.1) is 121 Å². The summed E-state index contributed by atoms with van der Waals surface area (Å²) in [6, 6.07) is 0. The molecule has 0 fully saturated rings. The van der Waals surface area contributed by atoms with Gasteiger partial charge in [-0.3, -0.25) is 0 Å². The smallest absolute Gasteiger partial charge is 1.00 e. The Morgan fingerprint density at radius 3 is 0.348 bits per heavy atom. The summed E-state index contributed by atoms with van der Waals surface area (Å²) < 4.78 is 0. The largest absolute Gasteiger partial charge is 4.00 e. The van der Waals surface area contributed by atoms with E-state index in [0.717, 1.165) is 0 Å². The molecule has 20 heteroatoms. The predicted molar refractivity (Wildman–Crippen MR) is 469 cm³/mol. The van der Waals surface area contributed by atoms with Crippen molar-refractivity contribution in [1.29, 1.82) is 0 Å². The van der Waals surface area contributed by atoms with Gasteiger partial charge in [0.2, 0.25) is 0 Å². The fraction of sp³-hybridized carbons (Fsp3) is 0.681. The maximum atomic E-state index is 2.92. The van der Waals surface area contributed by atoms with Crippen molar-refractivity contribution in [2.45, 2.75) is 322 Å². The molecule has 0 saturated heterocycles. The van der Waals surface area contributed by atoms with E-state index >= 15 is 0 Å². The molecule has 4 rings (SSSR count). The van der Waals surface area contributed by atoms with Gasteiger partial charge in [0.1, 0.15) is 0 Å². The molecule has 0 aromatic heterocycles. The summed E-state index contributed by atoms with van der Waals surface area (Å²) in [5.74, 6) is 0. The first-order valence-corrected chi connectivity index (χ1v) is 89.5. The number of benzene rings is 3. The third-order valence-corrected chi connectivity index (χ3v) is 59.4. The molecule has 0 aliphatic heterocycles. The minimum Gasteiger partial charge on any atom is -1.00 e. The normalized spacial score (nSPS) is 14.4. The van der Waals surface area contributed by atoms with Crippen molar-refractivity contribution in [3.63, 3.8) is 0 Å². The minimum absolute atomic E-state index is 0. The average molecular weight is 1620 g/mol. The molecule has 0 N–H and O–H groups in total. The van der Waals surface area contributed by atoms with E-state index in [1.807, 2.05) is 83.0 Å². The zero-order valence-corrected chi connectivity index (χ0v) is 90.0. The molecule has 0 nitrogen and oxygen atoms in total. The van der Waals surface area contributed by atoms with Crippen LogP contribution in [0.1, 0.15) is 22.3 Å². The Hall–Kier alpha value is 2.06. The van der Waals surface area contributed by atoms with E-state index in [-0.39, 0.29) is 58.9 Å². The Labute approximate surface area is 624 Å². The van der Waals surface area contributed by atoms with Gasteiger partial charge in [0.15, 0.2) is 8.07 Å².